The summed E-state index contributed by atoms with van der Waals surface area (Å²) in [6, 6.07) is 5.99. The Balaban J connectivity index is 2.71. The summed E-state index contributed by atoms with van der Waals surface area (Å²) >= 11 is 0. The summed E-state index contributed by atoms with van der Waals surface area (Å²) in [6.45, 7) is 8.77. The molecule has 7 heteroatoms. The van der Waals surface area contributed by atoms with E-state index < -0.39 is 17.5 Å². The number of hydrogen-bond acceptors (Lipinski definition) is 4. The average Bonchev–Trinajstić information content (AvgIpc) is 2.42. The molecule has 1 aromatic carbocycles. The van der Waals surface area contributed by atoms with E-state index in [4.69, 9.17) is 4.74 Å². The van der Waals surface area contributed by atoms with Crippen LogP contribution < -0.4 is 16.0 Å². The zero-order valence-electron chi connectivity index (χ0n) is 14.7. The van der Waals surface area contributed by atoms with Gasteiger partial charge in [0.15, 0.2) is 6.61 Å². The van der Waals surface area contributed by atoms with Crippen molar-refractivity contribution in [3.05, 3.63) is 29.8 Å². The predicted molar refractivity (Wildman–Crippen MR) is 91.9 cm³/mol. The van der Waals surface area contributed by atoms with Crippen LogP contribution in [0, 0.1) is 0 Å². The molecule has 1 aromatic rings. The molecule has 1 rings (SSSR count). The van der Waals surface area contributed by atoms with Crippen molar-refractivity contribution in [1.82, 2.24) is 10.6 Å². The van der Waals surface area contributed by atoms with Gasteiger partial charge in [0, 0.05) is 11.6 Å². The molecule has 0 saturated heterocycles. The van der Waals surface area contributed by atoms with Gasteiger partial charge < -0.3 is 20.7 Å². The summed E-state index contributed by atoms with van der Waals surface area (Å²) in [5, 5.41) is 7.96. The van der Waals surface area contributed by atoms with Crippen LogP contribution >= 0.6 is 0 Å². The highest BCUT2D eigenvalue weighted by atomic mass is 16.5. The van der Waals surface area contributed by atoms with Crippen molar-refractivity contribution in [3.8, 4) is 0 Å². The van der Waals surface area contributed by atoms with Crippen molar-refractivity contribution >= 4 is 23.6 Å². The maximum Gasteiger partial charge on any atom is 0.340 e. The lowest BCUT2D eigenvalue weighted by Crippen LogP contribution is -2.42. The minimum absolute atomic E-state index is 0.0368. The monoisotopic (exact) mass is 335 g/mol. The molecule has 0 aliphatic carbocycles. The van der Waals surface area contributed by atoms with Crippen LogP contribution in [0.1, 0.15) is 45.0 Å². The molecule has 0 radical (unpaired) electrons. The van der Waals surface area contributed by atoms with Crippen LogP contribution in [0.4, 0.5) is 10.5 Å². The van der Waals surface area contributed by atoms with Crippen molar-refractivity contribution in [1.29, 1.82) is 0 Å². The first kappa shape index (κ1) is 19.5. The second kappa shape index (κ2) is 8.33. The van der Waals surface area contributed by atoms with Crippen molar-refractivity contribution in [2.75, 3.05) is 11.9 Å². The van der Waals surface area contributed by atoms with E-state index in [1.807, 2.05) is 34.6 Å². The summed E-state index contributed by atoms with van der Waals surface area (Å²) in [4.78, 5) is 35.7. The van der Waals surface area contributed by atoms with Crippen molar-refractivity contribution in [2.45, 2.75) is 46.2 Å². The molecule has 0 aromatic heterocycles. The molecule has 0 heterocycles. The first-order chi connectivity index (χ1) is 11.1. The Bertz CT molecular complexity index is 606. The molecule has 0 saturated carbocycles. The van der Waals surface area contributed by atoms with Crippen LogP contribution in [-0.2, 0) is 9.53 Å². The van der Waals surface area contributed by atoms with E-state index in [9.17, 15) is 14.4 Å². The molecular formula is C17H25N3O4. The minimum Gasteiger partial charge on any atom is -0.452 e. The Morgan fingerprint density at radius 1 is 1.12 bits per heavy atom. The van der Waals surface area contributed by atoms with E-state index in [0.717, 1.165) is 0 Å². The van der Waals surface area contributed by atoms with Gasteiger partial charge in [-0.15, -0.1) is 0 Å². The lowest BCUT2D eigenvalue weighted by Gasteiger charge is -2.20. The molecule has 3 N–H and O–H groups in total. The second-order valence-corrected chi connectivity index (χ2v) is 6.67. The SMILES string of the molecule is CC(C)NC(=O)Nc1ccccc1C(=O)OCC(=O)NC(C)(C)C. The first-order valence-electron chi connectivity index (χ1n) is 7.73. The van der Waals surface area contributed by atoms with Crippen LogP contribution in [0.25, 0.3) is 0 Å². The van der Waals surface area contributed by atoms with Gasteiger partial charge in [-0.05, 0) is 46.8 Å². The van der Waals surface area contributed by atoms with Gasteiger partial charge in [-0.25, -0.2) is 9.59 Å². The van der Waals surface area contributed by atoms with Gasteiger partial charge in [-0.2, -0.15) is 0 Å². The number of carbonyl (C=O) groups excluding carboxylic acids is 3. The van der Waals surface area contributed by atoms with Crippen LogP contribution in [0.3, 0.4) is 0 Å². The molecule has 24 heavy (non-hydrogen) atoms. The number of nitrogens with one attached hydrogen (secondary N) is 3. The Labute approximate surface area is 142 Å². The standard InChI is InChI=1S/C17H25N3O4/c1-11(2)18-16(23)19-13-9-7-6-8-12(13)15(22)24-10-14(21)20-17(3,4)5/h6-9,11H,10H2,1-5H3,(H,20,21)(H2,18,19,23). The van der Waals surface area contributed by atoms with Crippen molar-refractivity contribution in [3.63, 3.8) is 0 Å². The van der Waals surface area contributed by atoms with Crippen molar-refractivity contribution < 1.29 is 19.1 Å². The molecule has 0 aliphatic heterocycles. The van der Waals surface area contributed by atoms with Gasteiger partial charge in [0.2, 0.25) is 0 Å². The maximum absolute atomic E-state index is 12.2. The van der Waals surface area contributed by atoms with Crippen LogP contribution in [0.5, 0.6) is 0 Å². The van der Waals surface area contributed by atoms with Gasteiger partial charge in [0.25, 0.3) is 5.91 Å². The van der Waals surface area contributed by atoms with E-state index in [2.05, 4.69) is 16.0 Å². The quantitative estimate of drug-likeness (QED) is 0.719. The first-order valence-corrected chi connectivity index (χ1v) is 7.73. The minimum atomic E-state index is -0.681. The van der Waals surface area contributed by atoms with Crippen LogP contribution in [-0.4, -0.2) is 36.1 Å². The highest BCUT2D eigenvalue weighted by Crippen LogP contribution is 2.16. The Hall–Kier alpha value is -2.57. The average molecular weight is 335 g/mol. The molecule has 0 unspecified atom stereocenters. The maximum atomic E-state index is 12.2. The van der Waals surface area contributed by atoms with Gasteiger partial charge >= 0.3 is 12.0 Å². The summed E-state index contributed by atoms with van der Waals surface area (Å²) in [6.07, 6.45) is 0. The van der Waals surface area contributed by atoms with Crippen LogP contribution in [0.2, 0.25) is 0 Å². The number of ether oxygens (including phenoxy) is 1. The molecule has 0 fully saturated rings. The van der Waals surface area contributed by atoms with E-state index in [0.29, 0.717) is 5.69 Å². The summed E-state index contributed by atoms with van der Waals surface area (Å²) in [5.74, 6) is -1.07. The summed E-state index contributed by atoms with van der Waals surface area (Å²) in [7, 11) is 0. The number of carbonyl (C=O) groups is 3. The van der Waals surface area contributed by atoms with Gasteiger partial charge in [-0.1, -0.05) is 12.1 Å². The van der Waals surface area contributed by atoms with Crippen LogP contribution in [0.15, 0.2) is 24.3 Å². The fraction of sp³-hybridized carbons (Fsp3) is 0.471. The molecule has 0 aliphatic rings. The zero-order valence-corrected chi connectivity index (χ0v) is 14.7. The lowest BCUT2D eigenvalue weighted by atomic mass is 10.1. The third kappa shape index (κ3) is 7.13. The number of hydrogen-bond donors (Lipinski definition) is 3. The Morgan fingerprint density at radius 2 is 1.75 bits per heavy atom. The zero-order chi connectivity index (χ0) is 18.3. The molecule has 3 amide bonds. The van der Waals surface area contributed by atoms with Gasteiger partial charge in [-0.3, -0.25) is 4.79 Å². The van der Waals surface area contributed by atoms with Crippen molar-refractivity contribution in [2.24, 2.45) is 0 Å². The number of benzene rings is 1. The number of amides is 3. The molecule has 0 bridgehead atoms. The molecular weight excluding hydrogens is 310 g/mol. The Morgan fingerprint density at radius 3 is 2.33 bits per heavy atom. The van der Waals surface area contributed by atoms with Gasteiger partial charge in [0.05, 0.1) is 11.3 Å². The normalized spacial score (nSPS) is 10.9. The third-order valence-electron chi connectivity index (χ3n) is 2.66. The topological polar surface area (TPSA) is 96.5 Å². The van der Waals surface area contributed by atoms with Gasteiger partial charge in [0.1, 0.15) is 0 Å². The molecule has 0 spiro atoms. The fourth-order valence-corrected chi connectivity index (χ4v) is 1.85. The largest absolute Gasteiger partial charge is 0.452 e. The van der Waals surface area contributed by atoms with E-state index >= 15 is 0 Å². The number of para-hydroxylation sites is 1. The molecule has 7 nitrogen and oxygen atoms in total. The highest BCUT2D eigenvalue weighted by Gasteiger charge is 2.18. The highest BCUT2D eigenvalue weighted by molar-refractivity contribution is 6.01. The van der Waals surface area contributed by atoms with E-state index in [1.54, 1.807) is 18.2 Å². The molecule has 0 atom stereocenters. The third-order valence-corrected chi connectivity index (χ3v) is 2.66. The molecule has 132 valence electrons. The number of anilines is 1. The van der Waals surface area contributed by atoms with E-state index in [1.165, 1.54) is 6.07 Å². The number of urea groups is 1. The van der Waals surface area contributed by atoms with E-state index in [-0.39, 0.29) is 24.1 Å². The summed E-state index contributed by atoms with van der Waals surface area (Å²) in [5.41, 5.74) is 0.0922. The second-order valence-electron chi connectivity index (χ2n) is 6.67. The summed E-state index contributed by atoms with van der Waals surface area (Å²) < 4.78 is 5.02. The smallest absolute Gasteiger partial charge is 0.340 e. The lowest BCUT2D eigenvalue weighted by molar-refractivity contribution is -0.125. The number of esters is 1. The fourth-order valence-electron chi connectivity index (χ4n) is 1.85. The predicted octanol–water partition coefficient (Wildman–Crippen LogP) is 2.29. The number of rotatable bonds is 5. The Kier molecular flexibility index (Phi) is 6.76.